The minimum Gasteiger partial charge on any atom is -0.380 e. The average molecular weight is 353 g/mol. The van der Waals surface area contributed by atoms with Crippen LogP contribution in [0.25, 0.3) is 0 Å². The van der Waals surface area contributed by atoms with Crippen LogP contribution in [0.4, 0.5) is 5.69 Å². The predicted molar refractivity (Wildman–Crippen MR) is 88.7 cm³/mol. The van der Waals surface area contributed by atoms with Crippen molar-refractivity contribution >= 4 is 38.9 Å². The van der Waals surface area contributed by atoms with Crippen LogP contribution in [0.15, 0.2) is 28.7 Å². The fraction of sp³-hybridized carbons (Fsp3) is 0.267. The number of carbonyl (C=O) groups excluding carboxylic acids is 1. The third-order valence-electron chi connectivity index (χ3n) is 3.17. The van der Waals surface area contributed by atoms with E-state index in [-0.39, 0.29) is 5.91 Å². The van der Waals surface area contributed by atoms with Gasteiger partial charge in [0.25, 0.3) is 5.91 Å². The summed E-state index contributed by atoms with van der Waals surface area (Å²) in [7, 11) is 1.65. The molecule has 5 heteroatoms. The summed E-state index contributed by atoms with van der Waals surface area (Å²) in [5.41, 5.74) is 2.67. The van der Waals surface area contributed by atoms with Gasteiger partial charge in [0.05, 0.1) is 0 Å². The molecule has 0 atom stereocenters. The Labute approximate surface area is 131 Å². The lowest BCUT2D eigenvalue weighted by molar-refractivity contribution is 0.0962. The summed E-state index contributed by atoms with van der Waals surface area (Å²) in [5.74, 6) is -0.0548. The van der Waals surface area contributed by atoms with E-state index < -0.39 is 0 Å². The first-order chi connectivity index (χ1) is 9.52. The number of hydrogen-bond acceptors (Lipinski definition) is 3. The van der Waals surface area contributed by atoms with Gasteiger partial charge < -0.3 is 10.6 Å². The highest BCUT2D eigenvalue weighted by Crippen LogP contribution is 2.27. The first-order valence-corrected chi connectivity index (χ1v) is 7.94. The number of carbonyl (C=O) groups is 1. The van der Waals surface area contributed by atoms with Crippen molar-refractivity contribution in [2.75, 3.05) is 12.4 Å². The largest absolute Gasteiger partial charge is 0.380 e. The topological polar surface area (TPSA) is 41.1 Å². The molecule has 0 radical (unpaired) electrons. The van der Waals surface area contributed by atoms with E-state index in [0.717, 1.165) is 22.3 Å². The Morgan fingerprint density at radius 3 is 2.70 bits per heavy atom. The maximum absolute atomic E-state index is 11.8. The Kier molecular flexibility index (Phi) is 4.83. The van der Waals surface area contributed by atoms with Gasteiger partial charge in [0.1, 0.15) is 0 Å². The molecule has 0 fully saturated rings. The molecule has 1 aromatic heterocycles. The maximum atomic E-state index is 11.8. The van der Waals surface area contributed by atoms with E-state index in [4.69, 9.17) is 0 Å². The third kappa shape index (κ3) is 3.22. The van der Waals surface area contributed by atoms with E-state index in [1.54, 1.807) is 18.4 Å². The molecule has 0 aliphatic heterocycles. The van der Waals surface area contributed by atoms with Crippen LogP contribution in [-0.4, -0.2) is 13.0 Å². The molecular formula is C15H17BrN2OS. The molecule has 1 heterocycles. The molecule has 0 aliphatic carbocycles. The highest BCUT2D eigenvalue weighted by Gasteiger charge is 2.10. The number of amides is 1. The second kappa shape index (κ2) is 6.41. The van der Waals surface area contributed by atoms with Crippen LogP contribution in [-0.2, 0) is 6.54 Å². The van der Waals surface area contributed by atoms with Crippen LogP contribution in [0.3, 0.4) is 0 Å². The van der Waals surface area contributed by atoms with E-state index in [1.165, 1.54) is 9.75 Å². The van der Waals surface area contributed by atoms with Crippen LogP contribution < -0.4 is 10.6 Å². The second-order valence-corrected chi connectivity index (χ2v) is 6.72. The second-order valence-electron chi connectivity index (χ2n) is 4.53. The van der Waals surface area contributed by atoms with Crippen molar-refractivity contribution in [3.63, 3.8) is 0 Å². The lowest BCUT2D eigenvalue weighted by Gasteiger charge is -2.12. The summed E-state index contributed by atoms with van der Waals surface area (Å²) >= 11 is 5.29. The zero-order valence-corrected chi connectivity index (χ0v) is 14.1. The zero-order valence-electron chi connectivity index (χ0n) is 11.7. The first kappa shape index (κ1) is 15.1. The monoisotopic (exact) mass is 352 g/mol. The lowest BCUT2D eigenvalue weighted by atomic mass is 10.1. The Morgan fingerprint density at radius 1 is 1.35 bits per heavy atom. The molecule has 3 nitrogen and oxygen atoms in total. The summed E-state index contributed by atoms with van der Waals surface area (Å²) in [5, 5.41) is 6.06. The highest BCUT2D eigenvalue weighted by molar-refractivity contribution is 9.10. The lowest BCUT2D eigenvalue weighted by Crippen LogP contribution is -2.19. The number of benzene rings is 1. The van der Waals surface area contributed by atoms with Crippen molar-refractivity contribution in [2.24, 2.45) is 0 Å². The van der Waals surface area contributed by atoms with E-state index in [9.17, 15) is 4.79 Å². The van der Waals surface area contributed by atoms with Crippen LogP contribution >= 0.6 is 27.3 Å². The Hall–Kier alpha value is -1.33. The first-order valence-electron chi connectivity index (χ1n) is 6.33. The molecule has 0 saturated heterocycles. The minimum atomic E-state index is -0.0548. The Bertz CT molecular complexity index is 617. The molecular weight excluding hydrogens is 336 g/mol. The molecule has 2 N–H and O–H groups in total. The molecule has 106 valence electrons. The van der Waals surface area contributed by atoms with E-state index in [1.807, 2.05) is 25.1 Å². The van der Waals surface area contributed by atoms with Gasteiger partial charge in [-0.3, -0.25) is 4.79 Å². The Morgan fingerprint density at radius 2 is 2.10 bits per heavy atom. The van der Waals surface area contributed by atoms with Crippen molar-refractivity contribution < 1.29 is 4.79 Å². The summed E-state index contributed by atoms with van der Waals surface area (Å²) < 4.78 is 1.15. The smallest absolute Gasteiger partial charge is 0.251 e. The number of anilines is 1. The number of aryl methyl sites for hydroxylation is 1. The van der Waals surface area contributed by atoms with Gasteiger partial charge in [0.2, 0.25) is 0 Å². The molecule has 0 unspecified atom stereocenters. The van der Waals surface area contributed by atoms with Crippen LogP contribution in [0.1, 0.15) is 25.7 Å². The quantitative estimate of drug-likeness (QED) is 0.869. The number of nitrogens with one attached hydrogen (secondary N) is 2. The van der Waals surface area contributed by atoms with Gasteiger partial charge >= 0.3 is 0 Å². The molecule has 1 amide bonds. The fourth-order valence-electron chi connectivity index (χ4n) is 2.00. The highest BCUT2D eigenvalue weighted by atomic mass is 79.9. The van der Waals surface area contributed by atoms with E-state index >= 15 is 0 Å². The minimum absolute atomic E-state index is 0.0548. The van der Waals surface area contributed by atoms with Gasteiger partial charge in [0, 0.05) is 39.1 Å². The van der Waals surface area contributed by atoms with Crippen molar-refractivity contribution in [1.82, 2.24) is 5.32 Å². The molecule has 0 spiro atoms. The molecule has 2 rings (SSSR count). The van der Waals surface area contributed by atoms with Crippen molar-refractivity contribution in [1.29, 1.82) is 0 Å². The predicted octanol–water partition coefficient (Wildman–Crippen LogP) is 4.10. The van der Waals surface area contributed by atoms with E-state index in [2.05, 4.69) is 39.6 Å². The van der Waals surface area contributed by atoms with Gasteiger partial charge in [-0.15, -0.1) is 11.3 Å². The number of halogens is 1. The fourth-order valence-corrected chi connectivity index (χ4v) is 3.54. The van der Waals surface area contributed by atoms with Crippen LogP contribution in [0, 0.1) is 13.8 Å². The van der Waals surface area contributed by atoms with Gasteiger partial charge in [0.15, 0.2) is 0 Å². The van der Waals surface area contributed by atoms with Crippen LogP contribution in [0.5, 0.6) is 0 Å². The number of thiophene rings is 1. The average Bonchev–Trinajstić information content (AvgIpc) is 2.76. The molecule has 2 aromatic rings. The van der Waals surface area contributed by atoms with Gasteiger partial charge in [-0.05, 0) is 53.5 Å². The van der Waals surface area contributed by atoms with Crippen molar-refractivity contribution in [3.05, 3.63) is 49.6 Å². The molecule has 1 aromatic carbocycles. The van der Waals surface area contributed by atoms with E-state index in [0.29, 0.717) is 5.56 Å². The standard InChI is InChI=1S/C15H17BrN2OS/c1-9-12(15(19)17-3)5-4-6-14(9)18-8-11-7-13(16)10(2)20-11/h4-7,18H,8H2,1-3H3,(H,17,19). The molecule has 0 saturated carbocycles. The summed E-state index contributed by atoms with van der Waals surface area (Å²) in [6.07, 6.45) is 0. The third-order valence-corrected chi connectivity index (χ3v) is 5.30. The molecule has 0 aliphatic rings. The van der Waals surface area contributed by atoms with Gasteiger partial charge in [-0.2, -0.15) is 0 Å². The van der Waals surface area contributed by atoms with Gasteiger partial charge in [-0.1, -0.05) is 6.07 Å². The van der Waals surface area contributed by atoms with Crippen LogP contribution in [0.2, 0.25) is 0 Å². The summed E-state index contributed by atoms with van der Waals surface area (Å²) in [4.78, 5) is 14.3. The molecule has 0 bridgehead atoms. The number of rotatable bonds is 4. The molecule has 20 heavy (non-hydrogen) atoms. The zero-order chi connectivity index (χ0) is 14.7. The van der Waals surface area contributed by atoms with Gasteiger partial charge in [-0.25, -0.2) is 0 Å². The maximum Gasteiger partial charge on any atom is 0.251 e. The Balaban J connectivity index is 2.15. The van der Waals surface area contributed by atoms with Crippen molar-refractivity contribution in [2.45, 2.75) is 20.4 Å². The normalized spacial score (nSPS) is 10.4. The SMILES string of the molecule is CNC(=O)c1cccc(NCc2cc(Br)c(C)s2)c1C. The van der Waals surface area contributed by atoms with Crippen molar-refractivity contribution in [3.8, 4) is 0 Å². The summed E-state index contributed by atoms with van der Waals surface area (Å²) in [6, 6.07) is 7.86. The summed E-state index contributed by atoms with van der Waals surface area (Å²) in [6.45, 7) is 4.81. The number of hydrogen-bond donors (Lipinski definition) is 2.